The van der Waals surface area contributed by atoms with E-state index in [1.165, 1.54) is 10.4 Å². The van der Waals surface area contributed by atoms with Crippen molar-refractivity contribution in [3.05, 3.63) is 21.9 Å². The van der Waals surface area contributed by atoms with Crippen LogP contribution in [0.1, 0.15) is 50.6 Å². The molecule has 0 aliphatic rings. The van der Waals surface area contributed by atoms with Crippen LogP contribution in [-0.4, -0.2) is 0 Å². The first-order valence-corrected chi connectivity index (χ1v) is 6.74. The zero-order chi connectivity index (χ0) is 12.3. The lowest BCUT2D eigenvalue weighted by Gasteiger charge is -2.30. The summed E-state index contributed by atoms with van der Waals surface area (Å²) in [7, 11) is 0. The fourth-order valence-corrected chi connectivity index (χ4v) is 2.70. The van der Waals surface area contributed by atoms with Gasteiger partial charge in [0.1, 0.15) is 0 Å². The van der Waals surface area contributed by atoms with Crippen molar-refractivity contribution >= 4 is 11.3 Å². The first-order chi connectivity index (χ1) is 7.36. The molecule has 1 rings (SSSR count). The van der Waals surface area contributed by atoms with Crippen LogP contribution in [0, 0.1) is 18.3 Å². The van der Waals surface area contributed by atoms with Gasteiger partial charge in [0.15, 0.2) is 0 Å². The van der Waals surface area contributed by atoms with Crippen LogP contribution in [0.15, 0.2) is 11.4 Å². The molecule has 16 heavy (non-hydrogen) atoms. The van der Waals surface area contributed by atoms with Crippen LogP contribution in [0.5, 0.6) is 0 Å². The number of hydrazine groups is 1. The van der Waals surface area contributed by atoms with Crippen LogP contribution in [0.25, 0.3) is 0 Å². The van der Waals surface area contributed by atoms with E-state index in [4.69, 9.17) is 5.84 Å². The third-order valence-electron chi connectivity index (χ3n) is 3.49. The van der Waals surface area contributed by atoms with Gasteiger partial charge in [-0.05, 0) is 41.7 Å². The Balaban J connectivity index is 2.74. The largest absolute Gasteiger partial charge is 0.271 e. The van der Waals surface area contributed by atoms with Gasteiger partial charge in [-0.2, -0.15) is 0 Å². The van der Waals surface area contributed by atoms with E-state index in [1.807, 2.05) is 0 Å². The van der Waals surface area contributed by atoms with E-state index in [1.54, 1.807) is 11.3 Å². The molecule has 3 heteroatoms. The summed E-state index contributed by atoms with van der Waals surface area (Å²) in [5, 5.41) is 2.14. The number of nitrogens with two attached hydrogens (primary N) is 1. The molecule has 1 aromatic rings. The van der Waals surface area contributed by atoms with Gasteiger partial charge in [0.2, 0.25) is 0 Å². The molecule has 2 nitrogen and oxygen atoms in total. The Labute approximate surface area is 103 Å². The lowest BCUT2D eigenvalue weighted by atomic mass is 9.78. The molecule has 0 bridgehead atoms. The summed E-state index contributed by atoms with van der Waals surface area (Å²) >= 11 is 1.79. The molecule has 0 amide bonds. The molecule has 0 aliphatic carbocycles. The van der Waals surface area contributed by atoms with E-state index in [0.29, 0.717) is 11.3 Å². The first-order valence-electron chi connectivity index (χ1n) is 5.86. The summed E-state index contributed by atoms with van der Waals surface area (Å²) in [6.07, 6.45) is 1.08. The number of aryl methyl sites for hydroxylation is 1. The highest BCUT2D eigenvalue weighted by atomic mass is 32.1. The maximum absolute atomic E-state index is 5.68. The molecule has 0 saturated carbocycles. The molecule has 2 atom stereocenters. The summed E-state index contributed by atoms with van der Waals surface area (Å²) in [5.74, 6) is 6.32. The van der Waals surface area contributed by atoms with Crippen molar-refractivity contribution in [3.63, 3.8) is 0 Å². The third kappa shape index (κ3) is 3.30. The van der Waals surface area contributed by atoms with Gasteiger partial charge in [-0.3, -0.25) is 11.3 Å². The highest BCUT2D eigenvalue weighted by molar-refractivity contribution is 7.10. The molecule has 0 fully saturated rings. The minimum absolute atomic E-state index is 0.286. The topological polar surface area (TPSA) is 38.0 Å². The van der Waals surface area contributed by atoms with E-state index in [9.17, 15) is 0 Å². The minimum atomic E-state index is 0.286. The maximum atomic E-state index is 5.68. The molecule has 92 valence electrons. The number of hydrogen-bond donors (Lipinski definition) is 2. The monoisotopic (exact) mass is 240 g/mol. The molecule has 1 heterocycles. The van der Waals surface area contributed by atoms with Gasteiger partial charge in [-0.25, -0.2) is 0 Å². The summed E-state index contributed by atoms with van der Waals surface area (Å²) in [4.78, 5) is 1.37. The van der Waals surface area contributed by atoms with Crippen molar-refractivity contribution in [2.24, 2.45) is 17.2 Å². The van der Waals surface area contributed by atoms with Crippen LogP contribution in [0.4, 0.5) is 0 Å². The molecular weight excluding hydrogens is 216 g/mol. The average molecular weight is 240 g/mol. The standard InChI is InChI=1S/C13H24N2S/c1-9-6-7-16-12(9)11(15-14)8-10(2)13(3,4)5/h6-7,10-11,15H,8,14H2,1-5H3. The van der Waals surface area contributed by atoms with Crippen molar-refractivity contribution in [1.82, 2.24) is 5.43 Å². The molecule has 0 spiro atoms. The van der Waals surface area contributed by atoms with Gasteiger partial charge in [-0.1, -0.05) is 27.7 Å². The van der Waals surface area contributed by atoms with Gasteiger partial charge in [0.25, 0.3) is 0 Å². The molecule has 2 unspecified atom stereocenters. The zero-order valence-corrected chi connectivity index (χ0v) is 11.8. The fraction of sp³-hybridized carbons (Fsp3) is 0.692. The molecular formula is C13H24N2S. The Hall–Kier alpha value is -0.380. The summed E-state index contributed by atoms with van der Waals surface area (Å²) in [6, 6.07) is 2.45. The first kappa shape index (κ1) is 13.7. The van der Waals surface area contributed by atoms with Crippen LogP contribution < -0.4 is 11.3 Å². The van der Waals surface area contributed by atoms with E-state index in [-0.39, 0.29) is 6.04 Å². The number of hydrogen-bond acceptors (Lipinski definition) is 3. The molecule has 3 N–H and O–H groups in total. The molecule has 0 saturated heterocycles. The van der Waals surface area contributed by atoms with Crippen molar-refractivity contribution in [3.8, 4) is 0 Å². The third-order valence-corrected chi connectivity index (χ3v) is 4.62. The highest BCUT2D eigenvalue weighted by Crippen LogP contribution is 2.35. The summed E-state index contributed by atoms with van der Waals surface area (Å²) in [5.41, 5.74) is 4.63. The van der Waals surface area contributed by atoms with Crippen molar-refractivity contribution in [2.75, 3.05) is 0 Å². The second-order valence-electron chi connectivity index (χ2n) is 5.69. The van der Waals surface area contributed by atoms with E-state index < -0.39 is 0 Å². The molecule has 1 aromatic heterocycles. The fourth-order valence-electron chi connectivity index (χ4n) is 1.70. The second kappa shape index (κ2) is 5.30. The Morgan fingerprint density at radius 3 is 2.44 bits per heavy atom. The van der Waals surface area contributed by atoms with Crippen LogP contribution >= 0.6 is 11.3 Å². The average Bonchev–Trinajstić information content (AvgIpc) is 2.59. The van der Waals surface area contributed by atoms with E-state index >= 15 is 0 Å². The molecule has 0 aromatic carbocycles. The van der Waals surface area contributed by atoms with E-state index in [2.05, 4.69) is 51.5 Å². The molecule has 0 aliphatic heterocycles. The quantitative estimate of drug-likeness (QED) is 0.623. The lowest BCUT2D eigenvalue weighted by Crippen LogP contribution is -2.31. The predicted octanol–water partition coefficient (Wildman–Crippen LogP) is 3.63. The lowest BCUT2D eigenvalue weighted by molar-refractivity contribution is 0.224. The predicted molar refractivity (Wildman–Crippen MR) is 72.4 cm³/mol. The SMILES string of the molecule is Cc1ccsc1C(CC(C)C(C)(C)C)NN. The summed E-state index contributed by atoms with van der Waals surface area (Å²) < 4.78 is 0. The Morgan fingerprint density at radius 1 is 1.44 bits per heavy atom. The van der Waals surface area contributed by atoms with Crippen LogP contribution in [0.3, 0.4) is 0 Å². The Morgan fingerprint density at radius 2 is 2.06 bits per heavy atom. The second-order valence-corrected chi connectivity index (χ2v) is 6.64. The normalized spacial score (nSPS) is 16.1. The Bertz CT molecular complexity index is 325. The number of thiophene rings is 1. The summed E-state index contributed by atoms with van der Waals surface area (Å²) in [6.45, 7) is 11.3. The zero-order valence-electron chi connectivity index (χ0n) is 11.0. The van der Waals surface area contributed by atoms with Crippen molar-refractivity contribution in [1.29, 1.82) is 0 Å². The Kier molecular flexibility index (Phi) is 4.53. The van der Waals surface area contributed by atoms with Crippen molar-refractivity contribution in [2.45, 2.75) is 47.1 Å². The van der Waals surface area contributed by atoms with Crippen molar-refractivity contribution < 1.29 is 0 Å². The van der Waals surface area contributed by atoms with Gasteiger partial charge in [0, 0.05) is 4.88 Å². The number of nitrogens with one attached hydrogen (secondary N) is 1. The highest BCUT2D eigenvalue weighted by Gasteiger charge is 2.25. The van der Waals surface area contributed by atoms with Gasteiger partial charge < -0.3 is 0 Å². The minimum Gasteiger partial charge on any atom is -0.271 e. The van der Waals surface area contributed by atoms with Crippen LogP contribution in [-0.2, 0) is 0 Å². The maximum Gasteiger partial charge on any atom is 0.0558 e. The van der Waals surface area contributed by atoms with Crippen LogP contribution in [0.2, 0.25) is 0 Å². The van der Waals surface area contributed by atoms with E-state index in [0.717, 1.165) is 6.42 Å². The van der Waals surface area contributed by atoms with Gasteiger partial charge >= 0.3 is 0 Å². The molecule has 0 radical (unpaired) electrons. The smallest absolute Gasteiger partial charge is 0.0558 e. The van der Waals surface area contributed by atoms with Gasteiger partial charge in [0.05, 0.1) is 6.04 Å². The van der Waals surface area contributed by atoms with Gasteiger partial charge in [-0.15, -0.1) is 11.3 Å². The number of rotatable bonds is 4.